The maximum absolute atomic E-state index is 12.9. The van der Waals surface area contributed by atoms with Crippen molar-refractivity contribution in [3.8, 4) is 0 Å². The van der Waals surface area contributed by atoms with E-state index in [0.29, 0.717) is 30.1 Å². The van der Waals surface area contributed by atoms with Crippen molar-refractivity contribution in [2.75, 3.05) is 13.2 Å². The highest BCUT2D eigenvalue weighted by Gasteiger charge is 2.10. The van der Waals surface area contributed by atoms with Crippen LogP contribution in [0.4, 0.5) is 0 Å². The quantitative estimate of drug-likeness (QED) is 0.379. The molecule has 0 fully saturated rings. The third-order valence-corrected chi connectivity index (χ3v) is 6.04. The number of benzene rings is 3. The lowest BCUT2D eigenvalue weighted by molar-refractivity contribution is 0.0997. The van der Waals surface area contributed by atoms with E-state index in [-0.39, 0.29) is 5.91 Å². The fraction of sp³-hybridized carbons (Fsp3) is 0.182. The first-order chi connectivity index (χ1) is 13.7. The minimum atomic E-state index is -0.235. The van der Waals surface area contributed by atoms with Gasteiger partial charge in [-0.15, -0.1) is 0 Å². The van der Waals surface area contributed by atoms with Crippen molar-refractivity contribution in [2.24, 2.45) is 4.99 Å². The maximum Gasteiger partial charge on any atom is 0.279 e. The number of rotatable bonds is 5. The summed E-state index contributed by atoms with van der Waals surface area (Å²) in [6, 6.07) is 19.8. The summed E-state index contributed by atoms with van der Waals surface area (Å²) in [5.41, 5.74) is 1.65. The zero-order valence-corrected chi connectivity index (χ0v) is 17.8. The molecule has 0 N–H and O–H groups in total. The zero-order chi connectivity index (χ0) is 19.5. The van der Waals surface area contributed by atoms with Crippen LogP contribution in [0, 0.1) is 0 Å². The molecular formula is C22H19BrN2O2S. The van der Waals surface area contributed by atoms with Crippen molar-refractivity contribution in [1.82, 2.24) is 4.57 Å². The highest BCUT2D eigenvalue weighted by Crippen LogP contribution is 2.22. The summed E-state index contributed by atoms with van der Waals surface area (Å²) >= 11 is 5.03. The second-order valence-electron chi connectivity index (χ2n) is 6.32. The van der Waals surface area contributed by atoms with Crippen LogP contribution in [0.5, 0.6) is 0 Å². The molecule has 4 nitrogen and oxygen atoms in total. The zero-order valence-electron chi connectivity index (χ0n) is 15.4. The number of carbonyl (C=O) groups is 1. The number of nitrogens with zero attached hydrogens (tertiary/aromatic N) is 2. The van der Waals surface area contributed by atoms with E-state index >= 15 is 0 Å². The molecule has 142 valence electrons. The smallest absolute Gasteiger partial charge is 0.279 e. The van der Waals surface area contributed by atoms with E-state index in [1.54, 1.807) is 0 Å². The Morgan fingerprint density at radius 2 is 1.93 bits per heavy atom. The van der Waals surface area contributed by atoms with Crippen LogP contribution in [0.1, 0.15) is 17.3 Å². The molecule has 1 heterocycles. The van der Waals surface area contributed by atoms with Gasteiger partial charge in [0.05, 0.1) is 16.8 Å². The predicted molar refractivity (Wildman–Crippen MR) is 118 cm³/mol. The van der Waals surface area contributed by atoms with Gasteiger partial charge in [0, 0.05) is 23.2 Å². The summed E-state index contributed by atoms with van der Waals surface area (Å²) in [5.74, 6) is -0.235. The van der Waals surface area contributed by atoms with Gasteiger partial charge in [0.2, 0.25) is 0 Å². The summed E-state index contributed by atoms with van der Waals surface area (Å²) < 4.78 is 9.66. The Hall–Kier alpha value is -2.28. The molecule has 4 aromatic rings. The number of amides is 1. The Bertz CT molecular complexity index is 1230. The van der Waals surface area contributed by atoms with E-state index in [9.17, 15) is 4.79 Å². The number of ether oxygens (including phenoxy) is 1. The van der Waals surface area contributed by atoms with E-state index in [0.717, 1.165) is 25.5 Å². The first kappa shape index (κ1) is 19.1. The fourth-order valence-corrected chi connectivity index (χ4v) is 4.73. The Balaban J connectivity index is 1.77. The summed E-state index contributed by atoms with van der Waals surface area (Å²) in [4.78, 5) is 18.0. The van der Waals surface area contributed by atoms with Crippen molar-refractivity contribution >= 4 is 54.2 Å². The summed E-state index contributed by atoms with van der Waals surface area (Å²) in [7, 11) is 0. The molecule has 28 heavy (non-hydrogen) atoms. The van der Waals surface area contributed by atoms with Gasteiger partial charge in [-0.05, 0) is 48.0 Å². The molecule has 0 aliphatic carbocycles. The Labute approximate surface area is 175 Å². The van der Waals surface area contributed by atoms with Crippen molar-refractivity contribution < 1.29 is 9.53 Å². The summed E-state index contributed by atoms with van der Waals surface area (Å²) in [6.07, 6.45) is 0. The highest BCUT2D eigenvalue weighted by molar-refractivity contribution is 9.10. The third-order valence-electron chi connectivity index (χ3n) is 4.50. The van der Waals surface area contributed by atoms with Gasteiger partial charge in [0.1, 0.15) is 0 Å². The minimum absolute atomic E-state index is 0.235. The first-order valence-corrected chi connectivity index (χ1v) is 10.7. The largest absolute Gasteiger partial charge is 0.380 e. The third kappa shape index (κ3) is 3.94. The van der Waals surface area contributed by atoms with Gasteiger partial charge in [-0.25, -0.2) is 0 Å². The van der Waals surface area contributed by atoms with Crippen LogP contribution in [0.25, 0.3) is 21.0 Å². The highest BCUT2D eigenvalue weighted by atomic mass is 79.9. The molecule has 3 aromatic carbocycles. The Kier molecular flexibility index (Phi) is 5.71. The molecule has 0 saturated carbocycles. The van der Waals surface area contributed by atoms with Crippen LogP contribution < -0.4 is 4.80 Å². The lowest BCUT2D eigenvalue weighted by atomic mass is 10.1. The van der Waals surface area contributed by atoms with E-state index < -0.39 is 0 Å². The lowest BCUT2D eigenvalue weighted by Gasteiger charge is -2.05. The van der Waals surface area contributed by atoms with E-state index in [4.69, 9.17) is 4.74 Å². The van der Waals surface area contributed by atoms with Gasteiger partial charge in [0.25, 0.3) is 5.91 Å². The average molecular weight is 455 g/mol. The second-order valence-corrected chi connectivity index (χ2v) is 8.25. The number of halogens is 1. The normalized spacial score (nSPS) is 12.1. The van der Waals surface area contributed by atoms with Crippen molar-refractivity contribution in [3.05, 3.63) is 75.5 Å². The molecule has 0 saturated heterocycles. The molecular weight excluding hydrogens is 436 g/mol. The molecule has 1 amide bonds. The lowest BCUT2D eigenvalue weighted by Crippen LogP contribution is -2.19. The number of carbonyl (C=O) groups excluding carboxylic acids is 1. The van der Waals surface area contributed by atoms with Gasteiger partial charge in [-0.2, -0.15) is 4.99 Å². The Morgan fingerprint density at radius 1 is 1.11 bits per heavy atom. The summed E-state index contributed by atoms with van der Waals surface area (Å²) in [5, 5.41) is 2.14. The van der Waals surface area contributed by atoms with Crippen LogP contribution in [-0.4, -0.2) is 23.7 Å². The Morgan fingerprint density at radius 3 is 2.75 bits per heavy atom. The van der Waals surface area contributed by atoms with Crippen LogP contribution in [0.3, 0.4) is 0 Å². The van der Waals surface area contributed by atoms with E-state index in [2.05, 4.69) is 31.6 Å². The van der Waals surface area contributed by atoms with Gasteiger partial charge in [-0.1, -0.05) is 57.6 Å². The first-order valence-electron chi connectivity index (χ1n) is 9.10. The monoisotopic (exact) mass is 454 g/mol. The van der Waals surface area contributed by atoms with Crippen molar-refractivity contribution in [2.45, 2.75) is 13.5 Å². The molecule has 0 bridgehead atoms. The molecule has 4 rings (SSSR count). The van der Waals surface area contributed by atoms with Crippen LogP contribution in [0.2, 0.25) is 0 Å². The number of fused-ring (bicyclic) bond motifs is 2. The molecule has 0 unspecified atom stereocenters. The molecule has 6 heteroatoms. The maximum atomic E-state index is 12.9. The van der Waals surface area contributed by atoms with Crippen LogP contribution >= 0.6 is 27.3 Å². The standard InChI is InChI=1S/C22H19BrN2O2S/c1-2-27-12-11-25-19-10-9-18(23)14-20(19)28-22(25)24-21(26)17-8-7-15-5-3-4-6-16(15)13-17/h3-10,13-14H,2,11-12H2,1H3. The summed E-state index contributed by atoms with van der Waals surface area (Å²) in [6.45, 7) is 3.87. The van der Waals surface area contributed by atoms with Crippen LogP contribution in [-0.2, 0) is 11.3 Å². The van der Waals surface area contributed by atoms with Gasteiger partial charge in [-0.3, -0.25) is 4.79 Å². The van der Waals surface area contributed by atoms with Gasteiger partial charge < -0.3 is 9.30 Å². The molecule has 0 aliphatic heterocycles. The topological polar surface area (TPSA) is 43.6 Å². The van der Waals surface area contributed by atoms with E-state index in [1.807, 2.05) is 61.5 Å². The minimum Gasteiger partial charge on any atom is -0.380 e. The predicted octanol–water partition coefficient (Wildman–Crippen LogP) is 5.40. The van der Waals surface area contributed by atoms with Crippen LogP contribution in [0.15, 0.2) is 70.1 Å². The van der Waals surface area contributed by atoms with Crippen molar-refractivity contribution in [1.29, 1.82) is 0 Å². The number of thiazole rings is 1. The van der Waals surface area contributed by atoms with Gasteiger partial charge >= 0.3 is 0 Å². The van der Waals surface area contributed by atoms with Gasteiger partial charge in [0.15, 0.2) is 4.80 Å². The average Bonchev–Trinajstić information content (AvgIpc) is 3.04. The van der Waals surface area contributed by atoms with Crippen molar-refractivity contribution in [3.63, 3.8) is 0 Å². The fourth-order valence-electron chi connectivity index (χ4n) is 3.12. The second kappa shape index (κ2) is 8.39. The number of aromatic nitrogens is 1. The van der Waals surface area contributed by atoms with E-state index in [1.165, 1.54) is 11.3 Å². The molecule has 0 aliphatic rings. The SMILES string of the molecule is CCOCCn1c(=NC(=O)c2ccc3ccccc3c2)sc2cc(Br)ccc21. The molecule has 0 spiro atoms. The molecule has 0 radical (unpaired) electrons. The molecule has 0 atom stereocenters. The number of hydrogen-bond acceptors (Lipinski definition) is 3. The molecule has 1 aromatic heterocycles. The number of hydrogen-bond donors (Lipinski definition) is 0.